The molecule has 7 heteroatoms. The summed E-state index contributed by atoms with van der Waals surface area (Å²) >= 11 is 0. The SMILES string of the molecule is CC1CCc2ccccc2N1C(=O)CCc1ccc(S(=O)(=O)N2CCOCC2)cc1. The molecule has 0 spiro atoms. The van der Waals surface area contributed by atoms with Gasteiger partial charge in [-0.05, 0) is 55.5 Å². The summed E-state index contributed by atoms with van der Waals surface area (Å²) in [6.45, 7) is 3.72. The first-order valence-corrected chi connectivity index (χ1v) is 12.0. The average Bonchev–Trinajstić information content (AvgIpc) is 2.78. The number of para-hydroxylation sites is 1. The lowest BCUT2D eigenvalue weighted by Gasteiger charge is -2.35. The van der Waals surface area contributed by atoms with Gasteiger partial charge < -0.3 is 9.64 Å². The van der Waals surface area contributed by atoms with Gasteiger partial charge >= 0.3 is 0 Å². The second kappa shape index (κ2) is 8.88. The zero-order chi connectivity index (χ0) is 21.1. The van der Waals surface area contributed by atoms with Crippen molar-refractivity contribution in [2.75, 3.05) is 31.2 Å². The van der Waals surface area contributed by atoms with Crippen LogP contribution in [-0.2, 0) is 32.4 Å². The number of ether oxygens (including phenoxy) is 1. The molecule has 30 heavy (non-hydrogen) atoms. The molecular formula is C23H28N2O4S. The zero-order valence-corrected chi connectivity index (χ0v) is 18.1. The van der Waals surface area contributed by atoms with Gasteiger partial charge in [-0.15, -0.1) is 0 Å². The van der Waals surface area contributed by atoms with Gasteiger partial charge in [0, 0.05) is 31.2 Å². The van der Waals surface area contributed by atoms with E-state index in [9.17, 15) is 13.2 Å². The van der Waals surface area contributed by atoms with E-state index < -0.39 is 10.0 Å². The molecule has 0 radical (unpaired) electrons. The number of hydrogen-bond donors (Lipinski definition) is 0. The van der Waals surface area contributed by atoms with Crippen molar-refractivity contribution in [2.24, 2.45) is 0 Å². The maximum absolute atomic E-state index is 13.0. The van der Waals surface area contributed by atoms with Crippen LogP contribution in [0.15, 0.2) is 53.4 Å². The molecule has 0 aliphatic carbocycles. The number of nitrogens with zero attached hydrogens (tertiary/aromatic N) is 2. The normalized spacial score (nSPS) is 20.0. The summed E-state index contributed by atoms with van der Waals surface area (Å²) in [5.41, 5.74) is 3.21. The maximum atomic E-state index is 13.0. The summed E-state index contributed by atoms with van der Waals surface area (Å²) < 4.78 is 32.2. The minimum Gasteiger partial charge on any atom is -0.379 e. The number of anilines is 1. The van der Waals surface area contributed by atoms with Crippen molar-refractivity contribution in [1.29, 1.82) is 0 Å². The molecule has 1 fully saturated rings. The van der Waals surface area contributed by atoms with Crippen LogP contribution in [0, 0.1) is 0 Å². The maximum Gasteiger partial charge on any atom is 0.243 e. The number of sulfonamides is 1. The Kier molecular flexibility index (Phi) is 6.22. The van der Waals surface area contributed by atoms with Crippen LogP contribution in [0.1, 0.15) is 30.9 Å². The average molecular weight is 429 g/mol. The van der Waals surface area contributed by atoms with Crippen LogP contribution >= 0.6 is 0 Å². The molecule has 160 valence electrons. The molecule has 1 amide bonds. The van der Waals surface area contributed by atoms with E-state index in [0.29, 0.717) is 39.1 Å². The largest absolute Gasteiger partial charge is 0.379 e. The molecule has 2 heterocycles. The molecule has 1 saturated heterocycles. The van der Waals surface area contributed by atoms with E-state index >= 15 is 0 Å². The minimum atomic E-state index is -3.49. The Morgan fingerprint density at radius 3 is 2.50 bits per heavy atom. The molecule has 6 nitrogen and oxygen atoms in total. The number of carbonyl (C=O) groups excluding carboxylic acids is 1. The smallest absolute Gasteiger partial charge is 0.243 e. The predicted molar refractivity (Wildman–Crippen MR) is 116 cm³/mol. The number of morpholine rings is 1. The molecule has 1 atom stereocenters. The van der Waals surface area contributed by atoms with Crippen LogP contribution in [0.25, 0.3) is 0 Å². The Balaban J connectivity index is 1.41. The van der Waals surface area contributed by atoms with Crippen molar-refractivity contribution in [3.63, 3.8) is 0 Å². The molecule has 2 aliphatic heterocycles. The number of hydrogen-bond acceptors (Lipinski definition) is 4. The molecule has 0 bridgehead atoms. The van der Waals surface area contributed by atoms with Crippen LogP contribution in [0.4, 0.5) is 5.69 Å². The topological polar surface area (TPSA) is 66.9 Å². The van der Waals surface area contributed by atoms with Gasteiger partial charge in [0.2, 0.25) is 15.9 Å². The Hall–Kier alpha value is -2.22. The third kappa shape index (κ3) is 4.29. The molecule has 2 aliphatic rings. The standard InChI is InChI=1S/C23H28N2O4S/c1-18-6-10-20-4-2-3-5-22(20)25(18)23(26)13-9-19-7-11-21(12-8-19)30(27,28)24-14-16-29-17-15-24/h2-5,7-8,11-12,18H,6,9-10,13-17H2,1H3. The Morgan fingerprint density at radius 2 is 1.77 bits per heavy atom. The van der Waals surface area contributed by atoms with Gasteiger partial charge in [0.05, 0.1) is 18.1 Å². The summed E-state index contributed by atoms with van der Waals surface area (Å²) in [6, 6.07) is 15.2. The fourth-order valence-electron chi connectivity index (χ4n) is 4.20. The summed E-state index contributed by atoms with van der Waals surface area (Å²) in [6.07, 6.45) is 2.95. The second-order valence-electron chi connectivity index (χ2n) is 7.94. The molecule has 2 aromatic rings. The van der Waals surface area contributed by atoms with Crippen LogP contribution in [0.2, 0.25) is 0 Å². The van der Waals surface area contributed by atoms with Gasteiger partial charge in [-0.1, -0.05) is 30.3 Å². The highest BCUT2D eigenvalue weighted by Crippen LogP contribution is 2.31. The quantitative estimate of drug-likeness (QED) is 0.734. The van der Waals surface area contributed by atoms with E-state index in [1.54, 1.807) is 12.1 Å². The van der Waals surface area contributed by atoms with Crippen LogP contribution in [0.5, 0.6) is 0 Å². The first-order valence-electron chi connectivity index (χ1n) is 10.5. The highest BCUT2D eigenvalue weighted by atomic mass is 32.2. The fourth-order valence-corrected chi connectivity index (χ4v) is 5.61. The second-order valence-corrected chi connectivity index (χ2v) is 9.88. The Bertz CT molecular complexity index is 998. The van der Waals surface area contributed by atoms with Gasteiger partial charge in [-0.25, -0.2) is 8.42 Å². The van der Waals surface area contributed by atoms with Crippen molar-refractivity contribution >= 4 is 21.6 Å². The summed E-state index contributed by atoms with van der Waals surface area (Å²) in [5, 5.41) is 0. The van der Waals surface area contributed by atoms with E-state index in [1.807, 2.05) is 35.2 Å². The summed E-state index contributed by atoms with van der Waals surface area (Å²) in [4.78, 5) is 15.2. The fraction of sp³-hybridized carbons (Fsp3) is 0.435. The van der Waals surface area contributed by atoms with Crippen molar-refractivity contribution in [2.45, 2.75) is 43.5 Å². The highest BCUT2D eigenvalue weighted by molar-refractivity contribution is 7.89. The van der Waals surface area contributed by atoms with Gasteiger partial charge in [0.15, 0.2) is 0 Å². The Morgan fingerprint density at radius 1 is 1.07 bits per heavy atom. The molecule has 0 aromatic heterocycles. The van der Waals surface area contributed by atoms with Crippen molar-refractivity contribution in [3.05, 3.63) is 59.7 Å². The lowest BCUT2D eigenvalue weighted by molar-refractivity contribution is -0.119. The van der Waals surface area contributed by atoms with Crippen molar-refractivity contribution in [1.82, 2.24) is 4.31 Å². The van der Waals surface area contributed by atoms with Crippen molar-refractivity contribution < 1.29 is 17.9 Å². The zero-order valence-electron chi connectivity index (χ0n) is 17.3. The summed E-state index contributed by atoms with van der Waals surface area (Å²) in [5.74, 6) is 0.111. The van der Waals surface area contributed by atoms with Crippen LogP contribution < -0.4 is 4.90 Å². The van der Waals surface area contributed by atoms with Gasteiger partial charge in [-0.2, -0.15) is 4.31 Å². The van der Waals surface area contributed by atoms with Gasteiger partial charge in [0.1, 0.15) is 0 Å². The number of aryl methyl sites for hydroxylation is 2. The van der Waals surface area contributed by atoms with E-state index in [-0.39, 0.29) is 16.8 Å². The molecule has 2 aromatic carbocycles. The van der Waals surface area contributed by atoms with E-state index in [1.165, 1.54) is 9.87 Å². The Labute approximate surface area is 178 Å². The number of amides is 1. The molecule has 0 saturated carbocycles. The molecule has 0 N–H and O–H groups in total. The molecule has 1 unspecified atom stereocenters. The van der Waals surface area contributed by atoms with Gasteiger partial charge in [0.25, 0.3) is 0 Å². The summed E-state index contributed by atoms with van der Waals surface area (Å²) in [7, 11) is -3.49. The van der Waals surface area contributed by atoms with Crippen LogP contribution in [0.3, 0.4) is 0 Å². The minimum absolute atomic E-state index is 0.111. The number of carbonyl (C=O) groups is 1. The van der Waals surface area contributed by atoms with E-state index in [4.69, 9.17) is 4.74 Å². The molecule has 4 rings (SSSR count). The number of fused-ring (bicyclic) bond motifs is 1. The van der Waals surface area contributed by atoms with E-state index in [0.717, 1.165) is 24.1 Å². The third-order valence-corrected chi connectivity index (χ3v) is 7.86. The van der Waals surface area contributed by atoms with Gasteiger partial charge in [-0.3, -0.25) is 4.79 Å². The highest BCUT2D eigenvalue weighted by Gasteiger charge is 2.28. The number of rotatable bonds is 5. The first-order chi connectivity index (χ1) is 14.5. The lowest BCUT2D eigenvalue weighted by atomic mass is 9.96. The third-order valence-electron chi connectivity index (χ3n) is 5.95. The predicted octanol–water partition coefficient (Wildman–Crippen LogP) is 3.01. The van der Waals surface area contributed by atoms with Crippen LogP contribution in [-0.4, -0.2) is 51.0 Å². The van der Waals surface area contributed by atoms with Crippen molar-refractivity contribution in [3.8, 4) is 0 Å². The first kappa shape index (κ1) is 21.0. The monoisotopic (exact) mass is 428 g/mol. The van der Waals surface area contributed by atoms with E-state index in [2.05, 4.69) is 13.0 Å². The lowest BCUT2D eigenvalue weighted by Crippen LogP contribution is -2.42. The number of benzene rings is 2. The molecular weight excluding hydrogens is 400 g/mol.